The van der Waals surface area contributed by atoms with E-state index in [1.807, 2.05) is 6.08 Å². The molecular formula is C17H24O3. The van der Waals surface area contributed by atoms with Gasteiger partial charge in [0, 0.05) is 25.7 Å². The Kier molecular flexibility index (Phi) is 4.17. The third-order valence-electron chi connectivity index (χ3n) is 4.61. The summed E-state index contributed by atoms with van der Waals surface area (Å²) in [5.74, 6) is 0.583. The fraction of sp³-hybridized carbons (Fsp3) is 0.647. The summed E-state index contributed by atoms with van der Waals surface area (Å²) in [5, 5.41) is 0. The SMILES string of the molecule is CC(=O)OC1C/C(C)=C/CCC(=O)/C=C/C2C1C2(C)C. The van der Waals surface area contributed by atoms with Crippen LogP contribution < -0.4 is 0 Å². The number of ether oxygens (including phenoxy) is 1. The topological polar surface area (TPSA) is 43.4 Å². The van der Waals surface area contributed by atoms with E-state index in [-0.39, 0.29) is 23.3 Å². The van der Waals surface area contributed by atoms with Gasteiger partial charge in [0.1, 0.15) is 6.10 Å². The Morgan fingerprint density at radius 2 is 2.10 bits per heavy atom. The van der Waals surface area contributed by atoms with E-state index in [1.165, 1.54) is 12.5 Å². The highest BCUT2D eigenvalue weighted by Crippen LogP contribution is 2.62. The highest BCUT2D eigenvalue weighted by molar-refractivity contribution is 5.89. The number of hydrogen-bond donors (Lipinski definition) is 0. The molecular weight excluding hydrogens is 252 g/mol. The maximum absolute atomic E-state index is 11.8. The van der Waals surface area contributed by atoms with E-state index in [0.29, 0.717) is 18.3 Å². The predicted molar refractivity (Wildman–Crippen MR) is 78.1 cm³/mol. The lowest BCUT2D eigenvalue weighted by Crippen LogP contribution is -2.21. The average molecular weight is 276 g/mol. The van der Waals surface area contributed by atoms with E-state index in [1.54, 1.807) is 6.08 Å². The zero-order chi connectivity index (χ0) is 14.9. The van der Waals surface area contributed by atoms with Gasteiger partial charge in [-0.25, -0.2) is 0 Å². The molecule has 0 aliphatic heterocycles. The van der Waals surface area contributed by atoms with E-state index >= 15 is 0 Å². The number of fused-ring (bicyclic) bond motifs is 1. The van der Waals surface area contributed by atoms with Crippen LogP contribution in [0, 0.1) is 17.3 Å². The molecule has 3 unspecified atom stereocenters. The fourth-order valence-corrected chi connectivity index (χ4v) is 3.41. The van der Waals surface area contributed by atoms with Crippen LogP contribution in [0.2, 0.25) is 0 Å². The van der Waals surface area contributed by atoms with Crippen molar-refractivity contribution in [3.8, 4) is 0 Å². The minimum Gasteiger partial charge on any atom is -0.462 e. The van der Waals surface area contributed by atoms with Crippen LogP contribution in [0.5, 0.6) is 0 Å². The zero-order valence-electron chi connectivity index (χ0n) is 12.8. The molecule has 2 rings (SSSR count). The van der Waals surface area contributed by atoms with Gasteiger partial charge in [0.05, 0.1) is 0 Å². The van der Waals surface area contributed by atoms with E-state index in [9.17, 15) is 9.59 Å². The van der Waals surface area contributed by atoms with Gasteiger partial charge in [0.25, 0.3) is 0 Å². The van der Waals surface area contributed by atoms with Crippen LogP contribution in [0.1, 0.15) is 47.0 Å². The van der Waals surface area contributed by atoms with E-state index in [0.717, 1.165) is 12.8 Å². The van der Waals surface area contributed by atoms with Crippen LogP contribution in [0.3, 0.4) is 0 Å². The first kappa shape index (κ1) is 15.0. The largest absolute Gasteiger partial charge is 0.462 e. The van der Waals surface area contributed by atoms with Crippen molar-refractivity contribution in [2.45, 2.75) is 53.1 Å². The molecule has 0 saturated heterocycles. The van der Waals surface area contributed by atoms with E-state index in [2.05, 4.69) is 26.8 Å². The van der Waals surface area contributed by atoms with Gasteiger partial charge in [0.2, 0.25) is 0 Å². The Hall–Kier alpha value is -1.38. The van der Waals surface area contributed by atoms with Crippen LogP contribution in [0.25, 0.3) is 0 Å². The number of rotatable bonds is 1. The molecule has 0 amide bonds. The van der Waals surface area contributed by atoms with Crippen molar-refractivity contribution in [3.63, 3.8) is 0 Å². The number of allylic oxidation sites excluding steroid dienone is 3. The van der Waals surface area contributed by atoms with Gasteiger partial charge < -0.3 is 4.74 Å². The summed E-state index contributed by atoms with van der Waals surface area (Å²) < 4.78 is 5.55. The molecule has 0 aromatic rings. The summed E-state index contributed by atoms with van der Waals surface area (Å²) in [6, 6.07) is 0. The summed E-state index contributed by atoms with van der Waals surface area (Å²) in [6.45, 7) is 7.88. The molecule has 0 N–H and O–H groups in total. The molecule has 3 nitrogen and oxygen atoms in total. The molecule has 2 aliphatic carbocycles. The normalized spacial score (nSPS) is 36.9. The molecule has 2 aliphatic rings. The summed E-state index contributed by atoms with van der Waals surface area (Å²) in [6.07, 6.45) is 7.84. The predicted octanol–water partition coefficient (Wildman–Crippen LogP) is 3.45. The van der Waals surface area contributed by atoms with Crippen LogP contribution in [0.4, 0.5) is 0 Å². The first-order chi connectivity index (χ1) is 9.32. The summed E-state index contributed by atoms with van der Waals surface area (Å²) >= 11 is 0. The molecule has 20 heavy (non-hydrogen) atoms. The van der Waals surface area contributed by atoms with Gasteiger partial charge in [-0.2, -0.15) is 0 Å². The Morgan fingerprint density at radius 3 is 2.75 bits per heavy atom. The smallest absolute Gasteiger partial charge is 0.302 e. The van der Waals surface area contributed by atoms with Crippen molar-refractivity contribution < 1.29 is 14.3 Å². The number of carbonyl (C=O) groups excluding carboxylic acids is 2. The minimum absolute atomic E-state index is 0.0818. The summed E-state index contributed by atoms with van der Waals surface area (Å²) in [4.78, 5) is 23.1. The third-order valence-corrected chi connectivity index (χ3v) is 4.61. The van der Waals surface area contributed by atoms with Crippen LogP contribution in [0.15, 0.2) is 23.8 Å². The standard InChI is InChI=1S/C17H24O3/c1-11-6-5-7-13(19)8-9-14-16(17(14,3)4)15(10-11)20-12(2)18/h6,8-9,14-16H,5,7,10H2,1-4H3/b9-8+,11-6+. The van der Waals surface area contributed by atoms with Crippen molar-refractivity contribution in [2.75, 3.05) is 0 Å². The molecule has 3 heteroatoms. The maximum atomic E-state index is 11.8. The second-order valence-corrected chi connectivity index (χ2v) is 6.64. The van der Waals surface area contributed by atoms with Crippen LogP contribution in [-0.2, 0) is 14.3 Å². The Balaban J connectivity index is 2.25. The average Bonchev–Trinajstić information content (AvgIpc) is 2.86. The molecule has 0 radical (unpaired) electrons. The van der Waals surface area contributed by atoms with Gasteiger partial charge in [-0.3, -0.25) is 9.59 Å². The van der Waals surface area contributed by atoms with Gasteiger partial charge in [-0.05, 0) is 30.8 Å². The van der Waals surface area contributed by atoms with Gasteiger partial charge in [0.15, 0.2) is 5.78 Å². The molecule has 0 heterocycles. The number of esters is 1. The molecule has 110 valence electrons. The number of carbonyl (C=O) groups is 2. The molecule has 0 bridgehead atoms. The van der Waals surface area contributed by atoms with E-state index in [4.69, 9.17) is 4.74 Å². The molecule has 0 spiro atoms. The lowest BCUT2D eigenvalue weighted by atomic mass is 9.99. The van der Waals surface area contributed by atoms with Crippen molar-refractivity contribution in [3.05, 3.63) is 23.8 Å². The van der Waals surface area contributed by atoms with E-state index < -0.39 is 0 Å². The quantitative estimate of drug-likeness (QED) is 0.544. The monoisotopic (exact) mass is 276 g/mol. The molecule has 3 atom stereocenters. The third kappa shape index (κ3) is 3.20. The minimum atomic E-state index is -0.223. The van der Waals surface area contributed by atoms with Gasteiger partial charge in [-0.1, -0.05) is 31.6 Å². The highest BCUT2D eigenvalue weighted by Gasteiger charge is 2.60. The second kappa shape index (κ2) is 5.55. The lowest BCUT2D eigenvalue weighted by molar-refractivity contribution is -0.147. The van der Waals surface area contributed by atoms with Gasteiger partial charge >= 0.3 is 5.97 Å². The lowest BCUT2D eigenvalue weighted by Gasteiger charge is -2.19. The highest BCUT2D eigenvalue weighted by atomic mass is 16.5. The first-order valence-electron chi connectivity index (χ1n) is 7.36. The Labute approximate surface area is 121 Å². The Bertz CT molecular complexity index is 471. The Morgan fingerprint density at radius 1 is 1.40 bits per heavy atom. The summed E-state index contributed by atoms with van der Waals surface area (Å²) in [7, 11) is 0. The number of ketones is 1. The zero-order valence-corrected chi connectivity index (χ0v) is 12.8. The van der Waals surface area contributed by atoms with Gasteiger partial charge in [-0.15, -0.1) is 0 Å². The summed E-state index contributed by atoms with van der Waals surface area (Å²) in [5.41, 5.74) is 1.29. The second-order valence-electron chi connectivity index (χ2n) is 6.64. The van der Waals surface area contributed by atoms with Crippen molar-refractivity contribution in [1.82, 2.24) is 0 Å². The van der Waals surface area contributed by atoms with Crippen molar-refractivity contribution >= 4 is 11.8 Å². The van der Waals surface area contributed by atoms with Crippen molar-refractivity contribution in [2.24, 2.45) is 17.3 Å². The molecule has 0 aromatic heterocycles. The van der Waals surface area contributed by atoms with Crippen LogP contribution in [-0.4, -0.2) is 17.9 Å². The first-order valence-corrected chi connectivity index (χ1v) is 7.36. The molecule has 0 aromatic carbocycles. The fourth-order valence-electron chi connectivity index (χ4n) is 3.41. The molecule has 1 saturated carbocycles. The maximum Gasteiger partial charge on any atom is 0.302 e. The van der Waals surface area contributed by atoms with Crippen molar-refractivity contribution in [1.29, 1.82) is 0 Å². The van der Waals surface area contributed by atoms with Crippen LogP contribution >= 0.6 is 0 Å². The number of hydrogen-bond acceptors (Lipinski definition) is 3. The molecule has 1 fully saturated rings.